The summed E-state index contributed by atoms with van der Waals surface area (Å²) in [5.74, 6) is 0. The van der Waals surface area contributed by atoms with Crippen molar-refractivity contribution in [1.29, 1.82) is 0 Å². The first-order valence-corrected chi connectivity index (χ1v) is 6.19. The zero-order valence-corrected chi connectivity index (χ0v) is 9.68. The summed E-state index contributed by atoms with van der Waals surface area (Å²) in [6.45, 7) is 0.848. The molecule has 0 heterocycles. The topological polar surface area (TPSA) is 88.7 Å². The number of hydrogen-bond donors (Lipinski definition) is 2. The van der Waals surface area contributed by atoms with E-state index < -0.39 is 29.3 Å². The Morgan fingerprint density at radius 2 is 1.69 bits per heavy atom. The SMILES string of the molecule is Cc1ccc(S(=O)(=O)[N-]C(CO)CO)cc1. The second kappa shape index (κ2) is 5.40. The highest BCUT2D eigenvalue weighted by Gasteiger charge is 2.07. The van der Waals surface area contributed by atoms with Gasteiger partial charge in [-0.05, 0) is 19.1 Å². The molecule has 0 unspecified atom stereocenters. The fraction of sp³-hybridized carbons (Fsp3) is 0.400. The highest BCUT2D eigenvalue weighted by Crippen LogP contribution is 2.19. The van der Waals surface area contributed by atoms with Crippen molar-refractivity contribution >= 4 is 10.0 Å². The highest BCUT2D eigenvalue weighted by atomic mass is 32.2. The Morgan fingerprint density at radius 3 is 2.12 bits per heavy atom. The van der Waals surface area contributed by atoms with E-state index in [1.54, 1.807) is 12.1 Å². The number of hydrogen-bond acceptors (Lipinski definition) is 4. The quantitative estimate of drug-likeness (QED) is 0.785. The third-order valence-electron chi connectivity index (χ3n) is 2.03. The summed E-state index contributed by atoms with van der Waals surface area (Å²) in [4.78, 5) is 0.0602. The number of nitrogens with zero attached hydrogens (tertiary/aromatic N) is 1. The van der Waals surface area contributed by atoms with Gasteiger partial charge in [-0.3, -0.25) is 0 Å². The van der Waals surface area contributed by atoms with Crippen LogP contribution in [0, 0.1) is 6.92 Å². The van der Waals surface area contributed by atoms with E-state index in [0.717, 1.165) is 5.56 Å². The Hall–Kier alpha value is -0.950. The number of sulfonamides is 1. The average Bonchev–Trinajstić information content (AvgIpc) is 2.26. The molecule has 2 N–H and O–H groups in total. The highest BCUT2D eigenvalue weighted by molar-refractivity contribution is 7.94. The zero-order valence-electron chi connectivity index (χ0n) is 8.87. The Morgan fingerprint density at radius 1 is 1.19 bits per heavy atom. The molecule has 0 aromatic heterocycles. The van der Waals surface area contributed by atoms with Crippen molar-refractivity contribution in [2.45, 2.75) is 17.9 Å². The van der Waals surface area contributed by atoms with E-state index in [-0.39, 0.29) is 4.90 Å². The van der Waals surface area contributed by atoms with Crippen LogP contribution in [-0.4, -0.2) is 37.9 Å². The third-order valence-corrected chi connectivity index (χ3v) is 3.47. The largest absolute Gasteiger partial charge is 0.538 e. The van der Waals surface area contributed by atoms with Crippen LogP contribution in [0.4, 0.5) is 0 Å². The van der Waals surface area contributed by atoms with Crippen LogP contribution in [0.25, 0.3) is 4.72 Å². The van der Waals surface area contributed by atoms with E-state index in [1.165, 1.54) is 12.1 Å². The Labute approximate surface area is 94.8 Å². The molecular weight excluding hydrogens is 230 g/mol. The van der Waals surface area contributed by atoms with E-state index >= 15 is 0 Å². The van der Waals surface area contributed by atoms with Gasteiger partial charge in [0.15, 0.2) is 0 Å². The van der Waals surface area contributed by atoms with Gasteiger partial charge in [0.05, 0.1) is 0 Å². The van der Waals surface area contributed by atoms with Crippen molar-refractivity contribution in [3.63, 3.8) is 0 Å². The number of rotatable bonds is 5. The molecule has 5 nitrogen and oxygen atoms in total. The monoisotopic (exact) mass is 244 g/mol. The van der Waals surface area contributed by atoms with Crippen LogP contribution < -0.4 is 0 Å². The summed E-state index contributed by atoms with van der Waals surface area (Å²) < 4.78 is 26.8. The van der Waals surface area contributed by atoms with Gasteiger partial charge in [-0.2, -0.15) is 0 Å². The molecule has 0 aliphatic heterocycles. The molecule has 0 aliphatic rings. The van der Waals surface area contributed by atoms with Crippen LogP contribution in [0.15, 0.2) is 29.2 Å². The van der Waals surface area contributed by atoms with Crippen LogP contribution in [-0.2, 0) is 10.0 Å². The molecule has 0 saturated carbocycles. The molecule has 0 saturated heterocycles. The number of aryl methyl sites for hydroxylation is 1. The summed E-state index contributed by atoms with van der Waals surface area (Å²) in [6, 6.07) is 5.22. The molecule has 6 heteroatoms. The molecule has 0 aliphatic carbocycles. The van der Waals surface area contributed by atoms with Gasteiger partial charge in [0.2, 0.25) is 0 Å². The normalized spacial score (nSPS) is 12.0. The van der Waals surface area contributed by atoms with Gasteiger partial charge in [-0.15, -0.1) is 0 Å². The van der Waals surface area contributed by atoms with Crippen LogP contribution in [0.2, 0.25) is 0 Å². The standard InChI is InChI=1S/C10H14NO4S/c1-8-2-4-10(5-3-8)16(14,15)11-9(6-12)7-13/h2-5,9,12-13H,6-7H2,1H3/q-1. The van der Waals surface area contributed by atoms with Gasteiger partial charge in [0, 0.05) is 18.1 Å². The van der Waals surface area contributed by atoms with E-state index in [0.29, 0.717) is 0 Å². The lowest BCUT2D eigenvalue weighted by Crippen LogP contribution is -2.20. The molecule has 0 atom stereocenters. The lowest BCUT2D eigenvalue weighted by Gasteiger charge is -2.27. The summed E-state index contributed by atoms with van der Waals surface area (Å²) in [5, 5.41) is 17.5. The van der Waals surface area contributed by atoms with E-state index in [9.17, 15) is 8.42 Å². The number of aliphatic hydroxyl groups excluding tert-OH is 2. The molecule has 1 aromatic rings. The summed E-state index contributed by atoms with van der Waals surface area (Å²) >= 11 is 0. The number of aliphatic hydroxyl groups is 2. The molecule has 0 amide bonds. The maximum Gasteiger partial charge on any atom is 0.101 e. The zero-order chi connectivity index (χ0) is 12.2. The van der Waals surface area contributed by atoms with Crippen LogP contribution >= 0.6 is 0 Å². The average molecular weight is 244 g/mol. The van der Waals surface area contributed by atoms with E-state index in [4.69, 9.17) is 10.2 Å². The molecule has 0 fully saturated rings. The minimum atomic E-state index is -3.80. The second-order valence-electron chi connectivity index (χ2n) is 3.41. The van der Waals surface area contributed by atoms with Gasteiger partial charge < -0.3 is 14.9 Å². The number of benzene rings is 1. The summed E-state index contributed by atoms with van der Waals surface area (Å²) in [6.07, 6.45) is 0. The first-order chi connectivity index (χ1) is 7.49. The lowest BCUT2D eigenvalue weighted by atomic mass is 10.2. The minimum Gasteiger partial charge on any atom is -0.538 e. The second-order valence-corrected chi connectivity index (χ2v) is 5.04. The predicted molar refractivity (Wildman–Crippen MR) is 59.7 cm³/mol. The van der Waals surface area contributed by atoms with Crippen molar-refractivity contribution in [1.82, 2.24) is 0 Å². The predicted octanol–water partition coefficient (Wildman–Crippen LogP) is 0.411. The smallest absolute Gasteiger partial charge is 0.101 e. The lowest BCUT2D eigenvalue weighted by molar-refractivity contribution is 0.210. The summed E-state index contributed by atoms with van der Waals surface area (Å²) in [7, 11) is -3.80. The molecule has 1 aromatic carbocycles. The van der Waals surface area contributed by atoms with Gasteiger partial charge in [-0.1, -0.05) is 23.7 Å². The van der Waals surface area contributed by atoms with Crippen molar-refractivity contribution in [2.75, 3.05) is 13.2 Å². The third kappa shape index (κ3) is 3.28. The summed E-state index contributed by atoms with van der Waals surface area (Å²) in [5.41, 5.74) is 0.944. The Kier molecular flexibility index (Phi) is 4.43. The van der Waals surface area contributed by atoms with Gasteiger partial charge in [0.25, 0.3) is 0 Å². The molecule has 0 bridgehead atoms. The van der Waals surface area contributed by atoms with Gasteiger partial charge in [-0.25, -0.2) is 8.42 Å². The van der Waals surface area contributed by atoms with E-state index in [2.05, 4.69) is 4.72 Å². The van der Waals surface area contributed by atoms with Gasteiger partial charge >= 0.3 is 0 Å². The van der Waals surface area contributed by atoms with E-state index in [1.807, 2.05) is 6.92 Å². The Balaban J connectivity index is 2.89. The maximum atomic E-state index is 11.7. The molecular formula is C10H14NO4S-. The van der Waals surface area contributed by atoms with Crippen molar-refractivity contribution in [2.24, 2.45) is 0 Å². The van der Waals surface area contributed by atoms with Crippen molar-refractivity contribution in [3.05, 3.63) is 34.6 Å². The molecule has 1 rings (SSSR count). The minimum absolute atomic E-state index is 0.0602. The molecule has 0 spiro atoms. The molecule has 90 valence electrons. The van der Waals surface area contributed by atoms with Crippen molar-refractivity contribution in [3.8, 4) is 0 Å². The Bertz CT molecular complexity index is 423. The van der Waals surface area contributed by atoms with Crippen LogP contribution in [0.5, 0.6) is 0 Å². The first-order valence-electron chi connectivity index (χ1n) is 4.75. The van der Waals surface area contributed by atoms with Gasteiger partial charge in [0.1, 0.15) is 10.0 Å². The maximum absolute atomic E-state index is 11.7. The fourth-order valence-electron chi connectivity index (χ4n) is 1.09. The fourth-order valence-corrected chi connectivity index (χ4v) is 2.22. The van der Waals surface area contributed by atoms with Crippen molar-refractivity contribution < 1.29 is 18.6 Å². The molecule has 0 radical (unpaired) electrons. The van der Waals surface area contributed by atoms with Crippen LogP contribution in [0.3, 0.4) is 0 Å². The molecule has 16 heavy (non-hydrogen) atoms. The van der Waals surface area contributed by atoms with Crippen LogP contribution in [0.1, 0.15) is 5.56 Å². The first kappa shape index (κ1) is 13.1.